The van der Waals surface area contributed by atoms with E-state index in [0.717, 1.165) is 24.3 Å². The Morgan fingerprint density at radius 3 is 2.93 bits per heavy atom. The van der Waals surface area contributed by atoms with E-state index in [1.165, 1.54) is 6.07 Å². The van der Waals surface area contributed by atoms with Crippen molar-refractivity contribution < 1.29 is 9.13 Å². The van der Waals surface area contributed by atoms with Crippen molar-refractivity contribution in [3.8, 4) is 0 Å². The smallest absolute Gasteiger partial charge is 0.123 e. The summed E-state index contributed by atoms with van der Waals surface area (Å²) in [6.07, 6.45) is 0. The Morgan fingerprint density at radius 2 is 2.27 bits per heavy atom. The van der Waals surface area contributed by atoms with Gasteiger partial charge in [0.1, 0.15) is 5.82 Å². The summed E-state index contributed by atoms with van der Waals surface area (Å²) in [4.78, 5) is 0. The Balaban J connectivity index is 0.00000112. The van der Waals surface area contributed by atoms with Gasteiger partial charge in [0.05, 0.1) is 19.3 Å². The van der Waals surface area contributed by atoms with Gasteiger partial charge in [-0.2, -0.15) is 0 Å². The second kappa shape index (κ2) is 5.45. The van der Waals surface area contributed by atoms with E-state index in [2.05, 4.69) is 5.32 Å². The van der Waals surface area contributed by atoms with E-state index in [4.69, 9.17) is 4.74 Å². The van der Waals surface area contributed by atoms with Gasteiger partial charge in [0.15, 0.2) is 0 Å². The molecule has 0 aliphatic carbocycles. The molecule has 15 heavy (non-hydrogen) atoms. The molecule has 0 saturated carbocycles. The number of ether oxygens (including phenoxy) is 1. The van der Waals surface area contributed by atoms with Crippen molar-refractivity contribution in [1.29, 1.82) is 0 Å². The zero-order chi connectivity index (χ0) is 9.97. The molecule has 2 rings (SSSR count). The van der Waals surface area contributed by atoms with Gasteiger partial charge in [-0.15, -0.1) is 12.4 Å². The van der Waals surface area contributed by atoms with Crippen molar-refractivity contribution in [3.05, 3.63) is 35.1 Å². The highest BCUT2D eigenvalue weighted by Gasteiger charge is 2.17. The minimum Gasteiger partial charge on any atom is -0.378 e. The van der Waals surface area contributed by atoms with Gasteiger partial charge in [0.2, 0.25) is 0 Å². The van der Waals surface area contributed by atoms with Gasteiger partial charge in [0, 0.05) is 6.54 Å². The lowest BCUT2D eigenvalue weighted by atomic mass is 10.0. The van der Waals surface area contributed by atoms with Gasteiger partial charge in [-0.3, -0.25) is 0 Å². The molecule has 1 aromatic rings. The molecule has 0 bridgehead atoms. The topological polar surface area (TPSA) is 21.3 Å². The highest BCUT2D eigenvalue weighted by molar-refractivity contribution is 5.85. The first-order valence-electron chi connectivity index (χ1n) is 4.84. The second-order valence-electron chi connectivity index (χ2n) is 3.58. The van der Waals surface area contributed by atoms with Gasteiger partial charge in [-0.25, -0.2) is 4.39 Å². The molecule has 0 radical (unpaired) electrons. The van der Waals surface area contributed by atoms with Crippen molar-refractivity contribution >= 4 is 12.4 Å². The summed E-state index contributed by atoms with van der Waals surface area (Å²) in [5.41, 5.74) is 2.11. The summed E-state index contributed by atoms with van der Waals surface area (Å²) in [5.74, 6) is -0.182. The van der Waals surface area contributed by atoms with Crippen LogP contribution in [0, 0.1) is 12.7 Å². The first kappa shape index (κ1) is 12.4. The number of rotatable bonds is 1. The van der Waals surface area contributed by atoms with E-state index in [1.54, 1.807) is 12.1 Å². The highest BCUT2D eigenvalue weighted by Crippen LogP contribution is 2.20. The van der Waals surface area contributed by atoms with E-state index >= 15 is 0 Å². The molecule has 2 nitrogen and oxygen atoms in total. The van der Waals surface area contributed by atoms with Crippen LogP contribution in [0.1, 0.15) is 17.2 Å². The molecule has 1 aromatic carbocycles. The van der Waals surface area contributed by atoms with Crippen molar-refractivity contribution in [2.75, 3.05) is 19.8 Å². The Kier molecular flexibility index (Phi) is 4.51. The predicted molar refractivity (Wildman–Crippen MR) is 59.9 cm³/mol. The molecular weight excluding hydrogens is 217 g/mol. The number of nitrogens with one attached hydrogen (secondary N) is 1. The molecule has 4 heteroatoms. The van der Waals surface area contributed by atoms with Gasteiger partial charge >= 0.3 is 0 Å². The van der Waals surface area contributed by atoms with Gasteiger partial charge in [0.25, 0.3) is 0 Å². The van der Waals surface area contributed by atoms with Crippen molar-refractivity contribution in [1.82, 2.24) is 5.32 Å². The summed E-state index contributed by atoms with van der Waals surface area (Å²) >= 11 is 0. The lowest BCUT2D eigenvalue weighted by molar-refractivity contribution is 0.0766. The molecule has 0 spiro atoms. The zero-order valence-electron chi connectivity index (χ0n) is 8.63. The molecule has 1 heterocycles. The molecule has 0 unspecified atom stereocenters. The zero-order valence-corrected chi connectivity index (χ0v) is 9.44. The minimum absolute atomic E-state index is 0. The lowest BCUT2D eigenvalue weighted by Gasteiger charge is -2.25. The van der Waals surface area contributed by atoms with Crippen LogP contribution in [0.4, 0.5) is 4.39 Å². The van der Waals surface area contributed by atoms with Gasteiger partial charge < -0.3 is 10.1 Å². The Morgan fingerprint density at radius 1 is 1.47 bits per heavy atom. The quantitative estimate of drug-likeness (QED) is 0.800. The number of aryl methyl sites for hydroxylation is 1. The number of hydrogen-bond acceptors (Lipinski definition) is 2. The molecule has 84 valence electrons. The number of benzene rings is 1. The molecule has 0 aromatic heterocycles. The first-order chi connectivity index (χ1) is 6.77. The van der Waals surface area contributed by atoms with E-state index in [9.17, 15) is 4.39 Å². The Labute approximate surface area is 95.2 Å². The average Bonchev–Trinajstić information content (AvgIpc) is 2.23. The molecule has 1 saturated heterocycles. The maximum Gasteiger partial charge on any atom is 0.123 e. The van der Waals surface area contributed by atoms with E-state index in [1.807, 2.05) is 6.92 Å². The fourth-order valence-corrected chi connectivity index (χ4v) is 1.75. The van der Waals surface area contributed by atoms with E-state index in [-0.39, 0.29) is 24.3 Å². The largest absolute Gasteiger partial charge is 0.378 e. The third-order valence-corrected chi connectivity index (χ3v) is 2.54. The molecule has 1 fully saturated rings. The number of hydrogen-bond donors (Lipinski definition) is 1. The Hall–Kier alpha value is -0.640. The minimum atomic E-state index is -0.182. The standard InChI is InChI=1S/C11H14FNO.ClH/c1-8-2-3-9(12)6-10(8)11-7-14-5-4-13-11;/h2-3,6,11,13H,4-5,7H2,1H3;1H/t11-;/m1./s1. The summed E-state index contributed by atoms with van der Waals surface area (Å²) in [5, 5.41) is 3.31. The summed E-state index contributed by atoms with van der Waals surface area (Å²) < 4.78 is 18.4. The summed E-state index contributed by atoms with van der Waals surface area (Å²) in [7, 11) is 0. The highest BCUT2D eigenvalue weighted by atomic mass is 35.5. The Bertz CT molecular complexity index is 326. The van der Waals surface area contributed by atoms with Gasteiger partial charge in [-0.1, -0.05) is 6.07 Å². The molecule has 1 aliphatic heterocycles. The maximum atomic E-state index is 13.0. The first-order valence-corrected chi connectivity index (χ1v) is 4.84. The summed E-state index contributed by atoms with van der Waals surface area (Å²) in [6, 6.07) is 5.02. The SMILES string of the molecule is Cc1ccc(F)cc1[C@H]1COCCN1.Cl. The van der Waals surface area contributed by atoms with Crippen LogP contribution >= 0.6 is 12.4 Å². The third-order valence-electron chi connectivity index (χ3n) is 2.54. The normalized spacial score (nSPS) is 20.8. The van der Waals surface area contributed by atoms with Crippen LogP contribution in [-0.4, -0.2) is 19.8 Å². The molecule has 1 aliphatic rings. The lowest BCUT2D eigenvalue weighted by Crippen LogP contribution is -2.35. The van der Waals surface area contributed by atoms with Crippen molar-refractivity contribution in [2.45, 2.75) is 13.0 Å². The van der Waals surface area contributed by atoms with Crippen LogP contribution in [0.3, 0.4) is 0 Å². The second-order valence-corrected chi connectivity index (χ2v) is 3.58. The van der Waals surface area contributed by atoms with Crippen LogP contribution in [-0.2, 0) is 4.74 Å². The van der Waals surface area contributed by atoms with Crippen LogP contribution in [0.5, 0.6) is 0 Å². The molecule has 1 N–H and O–H groups in total. The molecule has 1 atom stereocenters. The van der Waals surface area contributed by atoms with Crippen LogP contribution in [0.2, 0.25) is 0 Å². The van der Waals surface area contributed by atoms with Crippen LogP contribution in [0.25, 0.3) is 0 Å². The van der Waals surface area contributed by atoms with Crippen LogP contribution in [0.15, 0.2) is 18.2 Å². The van der Waals surface area contributed by atoms with Crippen molar-refractivity contribution in [2.24, 2.45) is 0 Å². The average molecular weight is 232 g/mol. The fourth-order valence-electron chi connectivity index (χ4n) is 1.75. The summed E-state index contributed by atoms with van der Waals surface area (Å²) in [6.45, 7) is 4.20. The fraction of sp³-hybridized carbons (Fsp3) is 0.455. The number of morpholine rings is 1. The van der Waals surface area contributed by atoms with Gasteiger partial charge in [-0.05, 0) is 30.2 Å². The third kappa shape index (κ3) is 2.91. The van der Waals surface area contributed by atoms with Crippen LogP contribution < -0.4 is 5.32 Å². The number of halogens is 2. The van der Waals surface area contributed by atoms with E-state index in [0.29, 0.717) is 6.61 Å². The van der Waals surface area contributed by atoms with Crippen molar-refractivity contribution in [3.63, 3.8) is 0 Å². The molecular formula is C11H15ClFNO. The molecule has 0 amide bonds. The maximum absolute atomic E-state index is 13.0. The van der Waals surface area contributed by atoms with E-state index < -0.39 is 0 Å². The predicted octanol–water partition coefficient (Wildman–Crippen LogP) is 2.22. The monoisotopic (exact) mass is 231 g/mol.